The molecule has 13 nitrogen and oxygen atoms in total. The van der Waals surface area contributed by atoms with Crippen molar-refractivity contribution < 1.29 is 46.6 Å². The van der Waals surface area contributed by atoms with E-state index in [0.29, 0.717) is 38.8 Å². The van der Waals surface area contributed by atoms with E-state index in [9.17, 15) is 28.5 Å². The number of rotatable bonds is 28. The van der Waals surface area contributed by atoms with Gasteiger partial charge < -0.3 is 20.4 Å². The van der Waals surface area contributed by atoms with Gasteiger partial charge in [-0.2, -0.15) is 0 Å². The molecule has 0 saturated heterocycles. The van der Waals surface area contributed by atoms with Crippen molar-refractivity contribution in [1.82, 2.24) is 15.6 Å². The molecule has 5 aromatic rings. The molecule has 0 bridgehead atoms. The number of nitrogens with one attached hydrogen (secondary N) is 2. The Hall–Kier alpha value is -4.81. The smallest absolute Gasteiger partial charge is 0.351 e. The lowest BCUT2D eigenvalue weighted by Gasteiger charge is -2.20. The summed E-state index contributed by atoms with van der Waals surface area (Å²) in [7, 11) is -8.52. The van der Waals surface area contributed by atoms with Crippen LogP contribution in [-0.4, -0.2) is 66.1 Å². The minimum atomic E-state index is -4.26. The average molecular weight is 886 g/mol. The Morgan fingerprint density at radius 3 is 1.11 bits per heavy atom. The summed E-state index contributed by atoms with van der Waals surface area (Å²) >= 11 is 0. The second kappa shape index (κ2) is 26.0. The summed E-state index contributed by atoms with van der Waals surface area (Å²) in [6.07, 6.45) is 5.41. The second-order valence-electron chi connectivity index (χ2n) is 14.7. The summed E-state index contributed by atoms with van der Waals surface area (Å²) in [6, 6.07) is 43.4. The highest BCUT2D eigenvalue weighted by atomic mass is 31.2. The molecule has 0 saturated carbocycles. The molecule has 0 fully saturated rings. The van der Waals surface area contributed by atoms with Gasteiger partial charge in [0.15, 0.2) is 0 Å². The lowest BCUT2D eigenvalue weighted by molar-refractivity contribution is 0.0942. The number of amides is 2. The fourth-order valence-electron chi connectivity index (χ4n) is 6.72. The van der Waals surface area contributed by atoms with Gasteiger partial charge >= 0.3 is 15.6 Å². The molecule has 0 aliphatic heterocycles. The van der Waals surface area contributed by atoms with Crippen molar-refractivity contribution in [2.75, 3.05) is 39.5 Å². The maximum atomic E-state index is 12.7. The van der Waals surface area contributed by atoms with E-state index in [1.807, 2.05) is 121 Å². The zero-order chi connectivity index (χ0) is 43.9. The summed E-state index contributed by atoms with van der Waals surface area (Å²) in [5.41, 5.74) is 4.15. The molecule has 2 unspecified atom stereocenters. The van der Waals surface area contributed by atoms with Crippen LogP contribution in [0.3, 0.4) is 0 Å². The first kappa shape index (κ1) is 48.2. The highest BCUT2D eigenvalue weighted by Gasteiger charge is 2.26. The Kier molecular flexibility index (Phi) is 20.2. The van der Waals surface area contributed by atoms with E-state index in [2.05, 4.69) is 15.6 Å². The molecule has 0 radical (unpaired) electrons. The lowest BCUT2D eigenvalue weighted by atomic mass is 9.92. The van der Waals surface area contributed by atoms with Gasteiger partial charge in [0.05, 0.1) is 26.4 Å². The third-order valence-electron chi connectivity index (χ3n) is 10.1. The molecule has 0 spiro atoms. The van der Waals surface area contributed by atoms with Gasteiger partial charge in [-0.3, -0.25) is 27.7 Å². The van der Waals surface area contributed by atoms with Crippen LogP contribution in [0, 0.1) is 0 Å². The van der Waals surface area contributed by atoms with Gasteiger partial charge in [0.1, 0.15) is 11.4 Å². The fraction of sp³-hybridized carbons (Fsp3) is 0.340. The van der Waals surface area contributed by atoms with E-state index in [4.69, 9.17) is 18.1 Å². The molecule has 1 aromatic heterocycles. The van der Waals surface area contributed by atoms with Crippen molar-refractivity contribution in [3.05, 3.63) is 173 Å². The van der Waals surface area contributed by atoms with Gasteiger partial charge in [-0.25, -0.2) is 14.1 Å². The first-order valence-corrected chi connectivity index (χ1v) is 24.1. The summed E-state index contributed by atoms with van der Waals surface area (Å²) in [6.45, 7) is 0.907. The monoisotopic (exact) mass is 885 g/mol. The number of carbonyl (C=O) groups is 2. The van der Waals surface area contributed by atoms with E-state index in [1.54, 1.807) is 18.2 Å². The van der Waals surface area contributed by atoms with Crippen LogP contribution in [0.4, 0.5) is 0 Å². The third kappa shape index (κ3) is 17.2. The molecule has 4 N–H and O–H groups in total. The van der Waals surface area contributed by atoms with Crippen LogP contribution in [0.15, 0.2) is 140 Å². The standard InChI is InChI=1S/C47H57N3O10P2/c51-46(48-32-17-1-3-19-34-57-61(53,54)59-36-42(38-22-9-5-10-23-38)39-24-11-6-12-25-39)44-30-21-31-45(50-44)47(52)49-33-18-2-4-20-35-58-62(55,56)60-37-43(40-26-13-7-14-27-40)41-28-15-8-16-29-41/h5-16,21-31,42-43H,1-4,17-20,32-37H2,(H,48,51)(H,49,52)(H,53,54)(H,55,56). The molecule has 0 aliphatic carbocycles. The Morgan fingerprint density at radius 2 is 0.774 bits per heavy atom. The number of hydrogen-bond donors (Lipinski definition) is 4. The Morgan fingerprint density at radius 1 is 0.452 bits per heavy atom. The number of carbonyl (C=O) groups excluding carboxylic acids is 2. The second-order valence-corrected chi connectivity index (χ2v) is 17.6. The summed E-state index contributed by atoms with van der Waals surface area (Å²) in [5.74, 6) is -1.23. The van der Waals surface area contributed by atoms with Crippen molar-refractivity contribution >= 4 is 27.5 Å². The zero-order valence-corrected chi connectivity index (χ0v) is 36.6. The number of phosphoric acid groups is 2. The van der Waals surface area contributed by atoms with Crippen LogP contribution < -0.4 is 10.6 Å². The lowest BCUT2D eigenvalue weighted by Crippen LogP contribution is -2.28. The van der Waals surface area contributed by atoms with Crippen molar-refractivity contribution in [1.29, 1.82) is 0 Å². The van der Waals surface area contributed by atoms with E-state index < -0.39 is 27.5 Å². The predicted octanol–water partition coefficient (Wildman–Crippen LogP) is 9.59. The first-order valence-electron chi connectivity index (χ1n) is 21.1. The van der Waals surface area contributed by atoms with Gasteiger partial charge in [0, 0.05) is 24.9 Å². The van der Waals surface area contributed by atoms with E-state index >= 15 is 0 Å². The predicted molar refractivity (Wildman–Crippen MR) is 239 cm³/mol. The molecule has 2 atom stereocenters. The number of hydrogen-bond acceptors (Lipinski definition) is 9. The van der Waals surface area contributed by atoms with E-state index in [0.717, 1.165) is 47.9 Å². The molecule has 2 amide bonds. The summed E-state index contributed by atoms with van der Waals surface area (Å²) in [4.78, 5) is 50.3. The Labute approximate surface area is 364 Å². The quantitative estimate of drug-likeness (QED) is 0.0277. The Balaban J connectivity index is 0.893. The number of benzene rings is 4. The van der Waals surface area contributed by atoms with E-state index in [1.165, 1.54) is 0 Å². The van der Waals surface area contributed by atoms with Gasteiger partial charge in [-0.05, 0) is 60.1 Å². The van der Waals surface area contributed by atoms with Crippen molar-refractivity contribution in [3.63, 3.8) is 0 Å². The van der Waals surface area contributed by atoms with Crippen LogP contribution in [0.5, 0.6) is 0 Å². The highest BCUT2D eigenvalue weighted by molar-refractivity contribution is 7.47. The normalized spacial score (nSPS) is 13.4. The number of unbranched alkanes of at least 4 members (excludes halogenated alkanes) is 6. The van der Waals surface area contributed by atoms with Crippen LogP contribution >= 0.6 is 15.6 Å². The number of aromatic nitrogens is 1. The minimum Gasteiger partial charge on any atom is -0.351 e. The van der Waals surface area contributed by atoms with E-state index in [-0.39, 0.29) is 49.7 Å². The zero-order valence-electron chi connectivity index (χ0n) is 34.8. The maximum absolute atomic E-state index is 12.7. The molecule has 330 valence electrons. The first-order chi connectivity index (χ1) is 30.1. The maximum Gasteiger partial charge on any atom is 0.472 e. The number of phosphoric ester groups is 2. The van der Waals surface area contributed by atoms with Crippen LogP contribution in [0.25, 0.3) is 0 Å². The van der Waals surface area contributed by atoms with Gasteiger partial charge in [-0.15, -0.1) is 0 Å². The average Bonchev–Trinajstić information content (AvgIpc) is 3.29. The van der Waals surface area contributed by atoms with Crippen LogP contribution in [-0.2, 0) is 27.2 Å². The molecular weight excluding hydrogens is 828 g/mol. The van der Waals surface area contributed by atoms with Crippen LogP contribution in [0.2, 0.25) is 0 Å². The molecule has 62 heavy (non-hydrogen) atoms. The van der Waals surface area contributed by atoms with Crippen molar-refractivity contribution in [2.24, 2.45) is 0 Å². The van der Waals surface area contributed by atoms with Crippen LogP contribution in [0.1, 0.15) is 106 Å². The molecule has 1 heterocycles. The SMILES string of the molecule is O=C(NCCCCCCOP(=O)(O)OCC(c1ccccc1)c1ccccc1)c1cccc(C(=O)NCCCCCCOP(=O)(O)OCC(c2ccccc2)c2ccccc2)n1. The largest absolute Gasteiger partial charge is 0.472 e. The summed E-state index contributed by atoms with van der Waals surface area (Å²) in [5, 5.41) is 5.65. The number of nitrogens with zero attached hydrogens (tertiary/aromatic N) is 1. The fourth-order valence-corrected chi connectivity index (χ4v) is 8.26. The van der Waals surface area contributed by atoms with Gasteiger partial charge in [0.2, 0.25) is 0 Å². The molecular formula is C47H57N3O10P2. The molecule has 0 aliphatic rings. The highest BCUT2D eigenvalue weighted by Crippen LogP contribution is 2.46. The summed E-state index contributed by atoms with van der Waals surface area (Å²) < 4.78 is 46.5. The minimum absolute atomic E-state index is 0.00778. The molecule has 5 rings (SSSR count). The third-order valence-corrected chi connectivity index (χ3v) is 12.0. The van der Waals surface area contributed by atoms with Gasteiger partial charge in [0.25, 0.3) is 11.8 Å². The molecule has 15 heteroatoms. The van der Waals surface area contributed by atoms with Crippen molar-refractivity contribution in [3.8, 4) is 0 Å². The van der Waals surface area contributed by atoms with Crippen molar-refractivity contribution in [2.45, 2.75) is 63.2 Å². The number of pyridine rings is 1. The topological polar surface area (TPSA) is 183 Å². The Bertz CT molecular complexity index is 1940. The molecule has 4 aromatic carbocycles. The van der Waals surface area contributed by atoms with Gasteiger partial charge in [-0.1, -0.05) is 153 Å².